The molecule has 3 aromatic rings. The van der Waals surface area contributed by atoms with Gasteiger partial charge in [-0.25, -0.2) is 4.79 Å². The van der Waals surface area contributed by atoms with Crippen LogP contribution in [0.5, 0.6) is 11.5 Å². The van der Waals surface area contributed by atoms with Crippen molar-refractivity contribution in [2.24, 2.45) is 0 Å². The summed E-state index contributed by atoms with van der Waals surface area (Å²) in [4.78, 5) is 12.7. The van der Waals surface area contributed by atoms with E-state index in [0.717, 1.165) is 22.3 Å². The van der Waals surface area contributed by atoms with E-state index in [2.05, 4.69) is 0 Å². The Morgan fingerprint density at radius 1 is 0.821 bits per heavy atom. The lowest BCUT2D eigenvalue weighted by atomic mass is 9.90. The second-order valence-corrected chi connectivity index (χ2v) is 7.70. The quantitative estimate of drug-likeness (QED) is 0.377. The van der Waals surface area contributed by atoms with Gasteiger partial charge in [0.1, 0.15) is 11.5 Å². The smallest absolute Gasteiger partial charge is 0.343 e. The molecule has 0 aliphatic heterocycles. The SMILES string of the molecule is Cc1ccc(O)c(-c2c(OC(=O)c3cc(Cl)cc(Cl)c3)ccc(C)c2C)c1C. The van der Waals surface area contributed by atoms with Gasteiger partial charge in [0.2, 0.25) is 0 Å². The molecule has 28 heavy (non-hydrogen) atoms. The summed E-state index contributed by atoms with van der Waals surface area (Å²) in [7, 11) is 0. The lowest BCUT2D eigenvalue weighted by Crippen LogP contribution is -2.10. The maximum absolute atomic E-state index is 12.7. The summed E-state index contributed by atoms with van der Waals surface area (Å²) in [6.07, 6.45) is 0. The van der Waals surface area contributed by atoms with Crippen molar-refractivity contribution in [2.45, 2.75) is 27.7 Å². The molecule has 0 aromatic heterocycles. The normalized spacial score (nSPS) is 10.8. The molecule has 3 nitrogen and oxygen atoms in total. The van der Waals surface area contributed by atoms with E-state index in [1.807, 2.05) is 39.8 Å². The highest BCUT2D eigenvalue weighted by molar-refractivity contribution is 6.35. The zero-order chi connectivity index (χ0) is 20.6. The van der Waals surface area contributed by atoms with Gasteiger partial charge >= 0.3 is 5.97 Å². The van der Waals surface area contributed by atoms with Crippen LogP contribution in [0, 0.1) is 27.7 Å². The van der Waals surface area contributed by atoms with Crippen molar-refractivity contribution in [3.05, 3.63) is 80.3 Å². The lowest BCUT2D eigenvalue weighted by molar-refractivity contribution is 0.0735. The number of aryl methyl sites for hydroxylation is 2. The van der Waals surface area contributed by atoms with Gasteiger partial charge in [0.05, 0.1) is 5.56 Å². The molecule has 3 aromatic carbocycles. The van der Waals surface area contributed by atoms with Crippen molar-refractivity contribution >= 4 is 29.2 Å². The average Bonchev–Trinajstić information content (AvgIpc) is 2.63. The summed E-state index contributed by atoms with van der Waals surface area (Å²) < 4.78 is 5.71. The Bertz CT molecular complexity index is 1070. The van der Waals surface area contributed by atoms with Crippen LogP contribution in [-0.4, -0.2) is 11.1 Å². The number of aromatic hydroxyl groups is 1. The Kier molecular flexibility index (Phi) is 5.69. The Balaban J connectivity index is 2.15. The molecular formula is C23H20Cl2O3. The monoisotopic (exact) mass is 414 g/mol. The molecule has 0 saturated carbocycles. The molecule has 0 aliphatic carbocycles. The second-order valence-electron chi connectivity index (χ2n) is 6.83. The third-order valence-corrected chi connectivity index (χ3v) is 5.40. The number of ether oxygens (including phenoxy) is 1. The first kappa shape index (κ1) is 20.2. The molecule has 0 bridgehead atoms. The highest BCUT2D eigenvalue weighted by Gasteiger charge is 2.21. The molecule has 0 spiro atoms. The topological polar surface area (TPSA) is 46.5 Å². The standard InChI is InChI=1S/C23H20Cl2O3/c1-12-5-7-19(26)21(14(12)3)22-15(4)13(2)6-8-20(22)28-23(27)16-9-17(24)11-18(25)10-16/h5-11,26H,1-4H3. The van der Waals surface area contributed by atoms with Crippen LogP contribution in [0.1, 0.15) is 32.6 Å². The maximum Gasteiger partial charge on any atom is 0.343 e. The van der Waals surface area contributed by atoms with E-state index in [1.54, 1.807) is 18.2 Å². The predicted octanol–water partition coefficient (Wildman–Crippen LogP) is 6.82. The molecule has 0 atom stereocenters. The van der Waals surface area contributed by atoms with Gasteiger partial charge in [-0.3, -0.25) is 0 Å². The van der Waals surface area contributed by atoms with Gasteiger partial charge in [0.15, 0.2) is 0 Å². The van der Waals surface area contributed by atoms with E-state index in [4.69, 9.17) is 27.9 Å². The minimum atomic E-state index is -0.571. The van der Waals surface area contributed by atoms with E-state index < -0.39 is 5.97 Å². The van der Waals surface area contributed by atoms with Crippen LogP contribution in [0.15, 0.2) is 42.5 Å². The van der Waals surface area contributed by atoms with Gasteiger partial charge in [0, 0.05) is 21.2 Å². The van der Waals surface area contributed by atoms with E-state index >= 15 is 0 Å². The zero-order valence-corrected chi connectivity index (χ0v) is 17.6. The first-order valence-electron chi connectivity index (χ1n) is 8.77. The number of phenolic OH excluding ortho intramolecular Hbond substituents is 1. The summed E-state index contributed by atoms with van der Waals surface area (Å²) in [5, 5.41) is 11.3. The van der Waals surface area contributed by atoms with Gasteiger partial charge < -0.3 is 9.84 Å². The molecule has 0 aliphatic rings. The molecule has 0 heterocycles. The predicted molar refractivity (Wildman–Crippen MR) is 114 cm³/mol. The van der Waals surface area contributed by atoms with E-state index in [1.165, 1.54) is 12.1 Å². The molecule has 0 amide bonds. The zero-order valence-electron chi connectivity index (χ0n) is 16.1. The van der Waals surface area contributed by atoms with Crippen LogP contribution in [0.4, 0.5) is 0 Å². The minimum absolute atomic E-state index is 0.139. The molecule has 0 fully saturated rings. The largest absolute Gasteiger partial charge is 0.507 e. The Morgan fingerprint density at radius 2 is 1.36 bits per heavy atom. The fourth-order valence-electron chi connectivity index (χ4n) is 3.13. The summed E-state index contributed by atoms with van der Waals surface area (Å²) >= 11 is 12.0. The number of phenols is 1. The number of esters is 1. The van der Waals surface area contributed by atoms with Crippen molar-refractivity contribution in [3.8, 4) is 22.6 Å². The maximum atomic E-state index is 12.7. The van der Waals surface area contributed by atoms with Crippen LogP contribution in [-0.2, 0) is 0 Å². The van der Waals surface area contributed by atoms with E-state index in [9.17, 15) is 9.90 Å². The molecule has 0 radical (unpaired) electrons. The first-order chi connectivity index (χ1) is 13.2. The van der Waals surface area contributed by atoms with Gasteiger partial charge in [-0.15, -0.1) is 0 Å². The van der Waals surface area contributed by atoms with Gasteiger partial charge in [0.25, 0.3) is 0 Å². The van der Waals surface area contributed by atoms with Crippen LogP contribution in [0.2, 0.25) is 10.0 Å². The number of hydrogen-bond donors (Lipinski definition) is 1. The van der Waals surface area contributed by atoms with Crippen LogP contribution < -0.4 is 4.74 Å². The van der Waals surface area contributed by atoms with Crippen LogP contribution in [0.25, 0.3) is 11.1 Å². The fraction of sp³-hybridized carbons (Fsp3) is 0.174. The summed E-state index contributed by atoms with van der Waals surface area (Å²) in [5.41, 5.74) is 5.53. The minimum Gasteiger partial charge on any atom is -0.507 e. The van der Waals surface area contributed by atoms with Gasteiger partial charge in [-0.2, -0.15) is 0 Å². The summed E-state index contributed by atoms with van der Waals surface area (Å²) in [6, 6.07) is 11.7. The number of hydrogen-bond acceptors (Lipinski definition) is 3. The molecule has 5 heteroatoms. The van der Waals surface area contributed by atoms with Crippen LogP contribution >= 0.6 is 23.2 Å². The molecule has 1 N–H and O–H groups in total. The van der Waals surface area contributed by atoms with Crippen LogP contribution in [0.3, 0.4) is 0 Å². The number of benzene rings is 3. The van der Waals surface area contributed by atoms with Crippen molar-refractivity contribution in [1.29, 1.82) is 0 Å². The van der Waals surface area contributed by atoms with Crippen molar-refractivity contribution < 1.29 is 14.6 Å². The third kappa shape index (κ3) is 3.87. The van der Waals surface area contributed by atoms with Gasteiger partial charge in [-0.1, -0.05) is 35.3 Å². The molecular weight excluding hydrogens is 395 g/mol. The highest BCUT2D eigenvalue weighted by Crippen LogP contribution is 2.42. The number of carbonyl (C=O) groups excluding carboxylic acids is 1. The Labute approximate surface area is 174 Å². The summed E-state index contributed by atoms with van der Waals surface area (Å²) in [5.74, 6) is -0.0632. The number of halogens is 2. The lowest BCUT2D eigenvalue weighted by Gasteiger charge is -2.19. The third-order valence-electron chi connectivity index (χ3n) is 4.96. The molecule has 0 saturated heterocycles. The van der Waals surface area contributed by atoms with Crippen molar-refractivity contribution in [2.75, 3.05) is 0 Å². The molecule has 144 valence electrons. The molecule has 3 rings (SSSR count). The second kappa shape index (κ2) is 7.86. The van der Waals surface area contributed by atoms with E-state index in [-0.39, 0.29) is 11.3 Å². The number of carbonyl (C=O) groups is 1. The number of rotatable bonds is 3. The average molecular weight is 415 g/mol. The summed E-state index contributed by atoms with van der Waals surface area (Å²) in [6.45, 7) is 7.83. The fourth-order valence-corrected chi connectivity index (χ4v) is 3.66. The Hall–Kier alpha value is -2.49. The van der Waals surface area contributed by atoms with E-state index in [0.29, 0.717) is 26.9 Å². The highest BCUT2D eigenvalue weighted by atomic mass is 35.5. The molecule has 0 unspecified atom stereocenters. The van der Waals surface area contributed by atoms with Crippen molar-refractivity contribution in [3.63, 3.8) is 0 Å². The first-order valence-corrected chi connectivity index (χ1v) is 9.52. The van der Waals surface area contributed by atoms with Gasteiger partial charge in [-0.05, 0) is 80.3 Å². The van der Waals surface area contributed by atoms with Crippen molar-refractivity contribution in [1.82, 2.24) is 0 Å². The Morgan fingerprint density at radius 3 is 1.96 bits per heavy atom.